The molecule has 0 unspecified atom stereocenters. The fraction of sp³-hybridized carbons (Fsp3) is 0.308. The Morgan fingerprint density at radius 1 is 1.32 bits per heavy atom. The molecule has 2 N–H and O–H groups in total. The predicted molar refractivity (Wildman–Crippen MR) is 82.7 cm³/mol. The number of anilines is 1. The van der Waals surface area contributed by atoms with Crippen LogP contribution in [-0.4, -0.2) is 47.1 Å². The van der Waals surface area contributed by atoms with Crippen molar-refractivity contribution < 1.29 is 13.2 Å². The maximum Gasteiger partial charge on any atom is 0.223 e. The number of benzene rings is 1. The van der Waals surface area contributed by atoms with Crippen molar-refractivity contribution in [1.82, 2.24) is 19.6 Å². The van der Waals surface area contributed by atoms with Gasteiger partial charge in [0.25, 0.3) is 0 Å². The summed E-state index contributed by atoms with van der Waals surface area (Å²) >= 11 is 0. The van der Waals surface area contributed by atoms with Gasteiger partial charge in [-0.1, -0.05) is 6.07 Å². The van der Waals surface area contributed by atoms with E-state index in [4.69, 9.17) is 10.5 Å². The van der Waals surface area contributed by atoms with Gasteiger partial charge in [0.2, 0.25) is 5.95 Å². The van der Waals surface area contributed by atoms with Crippen LogP contribution in [0.5, 0.6) is 5.75 Å². The normalized spacial score (nSPS) is 12.1. The molecule has 0 atom stereocenters. The number of aryl methyl sites for hydroxylation is 1. The molecule has 0 saturated heterocycles. The molecule has 3 rings (SSSR count). The minimum Gasteiger partial charge on any atom is -0.494 e. The third-order valence-corrected chi connectivity index (χ3v) is 4.20. The Balaban J connectivity index is 2.18. The van der Waals surface area contributed by atoms with Gasteiger partial charge in [0.1, 0.15) is 21.1 Å². The van der Waals surface area contributed by atoms with Gasteiger partial charge in [0.15, 0.2) is 11.5 Å². The zero-order valence-corrected chi connectivity index (χ0v) is 13.0. The maximum absolute atomic E-state index is 11.3. The molecule has 0 aliphatic heterocycles. The van der Waals surface area contributed by atoms with E-state index in [1.165, 1.54) is 10.8 Å². The molecule has 1 aromatic carbocycles. The van der Waals surface area contributed by atoms with Crippen molar-refractivity contribution in [3.63, 3.8) is 0 Å². The quantitative estimate of drug-likeness (QED) is 0.742. The highest BCUT2D eigenvalue weighted by Gasteiger charge is 2.15. The average Bonchev–Trinajstić information content (AvgIpc) is 2.89. The van der Waals surface area contributed by atoms with Crippen molar-refractivity contribution in [3.05, 3.63) is 24.0 Å². The number of sulfone groups is 1. The van der Waals surface area contributed by atoms with Crippen LogP contribution in [-0.2, 0) is 16.3 Å². The lowest BCUT2D eigenvalue weighted by Gasteiger charge is -2.06. The molecular weight excluding hydrogens is 306 g/mol. The predicted octanol–water partition coefficient (Wildman–Crippen LogP) is 0.455. The van der Waals surface area contributed by atoms with E-state index >= 15 is 0 Å². The highest BCUT2D eigenvalue weighted by Crippen LogP contribution is 2.27. The molecule has 22 heavy (non-hydrogen) atoms. The lowest BCUT2D eigenvalue weighted by atomic mass is 10.2. The van der Waals surface area contributed by atoms with Gasteiger partial charge in [0, 0.05) is 18.1 Å². The van der Waals surface area contributed by atoms with Crippen molar-refractivity contribution >= 4 is 32.3 Å². The first kappa shape index (κ1) is 14.5. The highest BCUT2D eigenvalue weighted by atomic mass is 32.2. The second-order valence-corrected chi connectivity index (χ2v) is 7.23. The fourth-order valence-corrected chi connectivity index (χ4v) is 2.77. The molecule has 0 saturated carbocycles. The van der Waals surface area contributed by atoms with Crippen LogP contribution in [0.1, 0.15) is 5.82 Å². The van der Waals surface area contributed by atoms with Crippen molar-refractivity contribution in [2.45, 2.75) is 6.42 Å². The first-order chi connectivity index (χ1) is 10.4. The average molecular weight is 321 g/mol. The van der Waals surface area contributed by atoms with Gasteiger partial charge >= 0.3 is 0 Å². The van der Waals surface area contributed by atoms with Crippen LogP contribution in [0.4, 0.5) is 5.95 Å². The number of methoxy groups -OCH3 is 1. The third-order valence-electron chi connectivity index (χ3n) is 3.25. The molecule has 9 heteroatoms. The van der Waals surface area contributed by atoms with Gasteiger partial charge in [-0.25, -0.2) is 18.4 Å². The lowest BCUT2D eigenvalue weighted by molar-refractivity contribution is 0.419. The summed E-state index contributed by atoms with van der Waals surface area (Å²) in [6, 6.07) is 5.45. The van der Waals surface area contributed by atoms with E-state index in [-0.39, 0.29) is 18.1 Å². The molecule has 2 heterocycles. The Hall–Kier alpha value is -2.42. The molecule has 0 amide bonds. The zero-order valence-electron chi connectivity index (χ0n) is 12.1. The topological polar surface area (TPSA) is 112 Å². The van der Waals surface area contributed by atoms with E-state index in [2.05, 4.69) is 15.1 Å². The smallest absolute Gasteiger partial charge is 0.223 e. The van der Waals surface area contributed by atoms with Crippen molar-refractivity contribution in [2.75, 3.05) is 24.9 Å². The molecule has 0 radical (unpaired) electrons. The molecule has 3 aromatic rings. The number of aromatic nitrogens is 4. The van der Waals surface area contributed by atoms with Crippen LogP contribution < -0.4 is 10.5 Å². The minimum atomic E-state index is -3.08. The number of para-hydroxylation sites is 1. The summed E-state index contributed by atoms with van der Waals surface area (Å²) in [5.74, 6) is 1.16. The molecule has 116 valence electrons. The highest BCUT2D eigenvalue weighted by molar-refractivity contribution is 7.90. The molecule has 2 aromatic heterocycles. The number of hydrogen-bond donors (Lipinski definition) is 1. The number of nitrogens with two attached hydrogens (primary N) is 1. The molecule has 0 aliphatic rings. The number of nitrogens with zero attached hydrogens (tertiary/aromatic N) is 4. The van der Waals surface area contributed by atoms with Crippen LogP contribution in [0.15, 0.2) is 18.2 Å². The van der Waals surface area contributed by atoms with Crippen molar-refractivity contribution in [3.8, 4) is 5.75 Å². The second kappa shape index (κ2) is 5.09. The Kier molecular flexibility index (Phi) is 3.36. The monoisotopic (exact) mass is 321 g/mol. The first-order valence-corrected chi connectivity index (χ1v) is 8.60. The van der Waals surface area contributed by atoms with Gasteiger partial charge in [-0.05, 0) is 12.1 Å². The first-order valence-electron chi connectivity index (χ1n) is 6.54. The van der Waals surface area contributed by atoms with E-state index in [1.807, 2.05) is 12.1 Å². The summed E-state index contributed by atoms with van der Waals surface area (Å²) in [5, 5.41) is 4.98. The number of hydrogen-bond acceptors (Lipinski definition) is 7. The van der Waals surface area contributed by atoms with E-state index in [9.17, 15) is 8.42 Å². The summed E-state index contributed by atoms with van der Waals surface area (Å²) < 4.78 is 29.2. The van der Waals surface area contributed by atoms with E-state index < -0.39 is 9.84 Å². The second-order valence-electron chi connectivity index (χ2n) is 4.97. The summed E-state index contributed by atoms with van der Waals surface area (Å²) in [4.78, 5) is 8.68. The van der Waals surface area contributed by atoms with Gasteiger partial charge in [-0.2, -0.15) is 4.52 Å². The van der Waals surface area contributed by atoms with Crippen molar-refractivity contribution in [2.24, 2.45) is 0 Å². The maximum atomic E-state index is 11.3. The molecular formula is C13H15N5O3S. The molecule has 0 spiro atoms. The van der Waals surface area contributed by atoms with E-state index in [0.29, 0.717) is 22.7 Å². The Morgan fingerprint density at radius 2 is 2.09 bits per heavy atom. The van der Waals surface area contributed by atoms with Crippen LogP contribution >= 0.6 is 0 Å². The van der Waals surface area contributed by atoms with Crippen LogP contribution in [0.2, 0.25) is 0 Å². The van der Waals surface area contributed by atoms with Gasteiger partial charge < -0.3 is 10.5 Å². The standard InChI is InChI=1S/C13H15N5O3S/c1-21-9-5-3-4-8-11(9)16-13(14)18-12(8)15-10(17-18)6-7-22(2,19)20/h3-5H,6-7H2,1-2H3,(H2,14,16). The van der Waals surface area contributed by atoms with Gasteiger partial charge in [-0.15, -0.1) is 5.10 Å². The summed E-state index contributed by atoms with van der Waals surface area (Å²) in [6.45, 7) is 0. The van der Waals surface area contributed by atoms with Crippen LogP contribution in [0, 0.1) is 0 Å². The Morgan fingerprint density at radius 3 is 2.77 bits per heavy atom. The molecule has 0 aliphatic carbocycles. The lowest BCUT2D eigenvalue weighted by Crippen LogP contribution is -2.07. The number of fused-ring (bicyclic) bond motifs is 3. The summed E-state index contributed by atoms with van der Waals surface area (Å²) in [5.41, 5.74) is 7.04. The van der Waals surface area contributed by atoms with Crippen molar-refractivity contribution in [1.29, 1.82) is 0 Å². The number of nitrogen functional groups attached to an aromatic ring is 1. The Bertz CT molecular complexity index is 965. The van der Waals surface area contributed by atoms with Crippen LogP contribution in [0.25, 0.3) is 16.6 Å². The molecule has 0 fully saturated rings. The van der Waals surface area contributed by atoms with Crippen LogP contribution in [0.3, 0.4) is 0 Å². The number of rotatable bonds is 4. The van der Waals surface area contributed by atoms with E-state index in [1.54, 1.807) is 13.2 Å². The molecule has 0 bridgehead atoms. The Labute approximate surface area is 126 Å². The van der Waals surface area contributed by atoms with E-state index in [0.717, 1.165) is 5.39 Å². The van der Waals surface area contributed by atoms with Gasteiger partial charge in [0.05, 0.1) is 12.9 Å². The summed E-state index contributed by atoms with van der Waals surface area (Å²) in [6.07, 6.45) is 1.41. The largest absolute Gasteiger partial charge is 0.494 e. The summed E-state index contributed by atoms with van der Waals surface area (Å²) in [7, 11) is -1.53. The van der Waals surface area contributed by atoms with Gasteiger partial charge in [-0.3, -0.25) is 0 Å². The molecule has 8 nitrogen and oxygen atoms in total. The minimum absolute atomic E-state index is 0.0154. The zero-order chi connectivity index (χ0) is 15.9. The third kappa shape index (κ3) is 2.54. The fourth-order valence-electron chi connectivity index (χ4n) is 2.22. The number of ether oxygens (including phenoxy) is 1. The SMILES string of the molecule is COc1cccc2c1nc(N)n1nc(CCS(C)(=O)=O)nc21.